The number of phenolic OH excluding ortho intramolecular Hbond substituents is 2. The van der Waals surface area contributed by atoms with Crippen molar-refractivity contribution in [2.45, 2.75) is 24.7 Å². The first kappa shape index (κ1) is 15.8. The van der Waals surface area contributed by atoms with E-state index in [-0.39, 0.29) is 17.1 Å². The third-order valence-electron chi connectivity index (χ3n) is 4.36. The summed E-state index contributed by atoms with van der Waals surface area (Å²) < 4.78 is 6.01. The van der Waals surface area contributed by atoms with Gasteiger partial charge in [0.05, 0.1) is 11.2 Å². The summed E-state index contributed by atoms with van der Waals surface area (Å²) in [4.78, 5) is 0. The fourth-order valence-electron chi connectivity index (χ4n) is 3.11. The molecule has 23 heavy (non-hydrogen) atoms. The Hall–Kier alpha value is -2.08. The maximum absolute atomic E-state index is 10.5. The normalized spacial score (nSPS) is 18.5. The van der Waals surface area contributed by atoms with E-state index in [1.54, 1.807) is 0 Å². The zero-order chi connectivity index (χ0) is 16.3. The van der Waals surface area contributed by atoms with E-state index in [9.17, 15) is 15.3 Å². The van der Waals surface area contributed by atoms with Crippen molar-refractivity contribution >= 4 is 0 Å². The number of benzene rings is 2. The lowest BCUT2D eigenvalue weighted by Crippen LogP contribution is -2.42. The smallest absolute Gasteiger partial charge is 0.189 e. The zero-order valence-corrected chi connectivity index (χ0v) is 12.8. The maximum Gasteiger partial charge on any atom is 0.189 e. The van der Waals surface area contributed by atoms with Crippen LogP contribution < -0.4 is 5.32 Å². The molecule has 2 aromatic carbocycles. The monoisotopic (exact) mass is 315 g/mol. The van der Waals surface area contributed by atoms with Crippen LogP contribution in [0.2, 0.25) is 0 Å². The number of piperidine rings is 1. The highest BCUT2D eigenvalue weighted by atomic mass is 16.6. The molecule has 1 fully saturated rings. The summed E-state index contributed by atoms with van der Waals surface area (Å²) in [5, 5.41) is 33.6. The van der Waals surface area contributed by atoms with Gasteiger partial charge in [0.25, 0.3) is 0 Å². The second-order valence-corrected chi connectivity index (χ2v) is 5.79. The molecule has 122 valence electrons. The van der Waals surface area contributed by atoms with Crippen molar-refractivity contribution in [3.05, 3.63) is 59.7 Å². The van der Waals surface area contributed by atoms with E-state index >= 15 is 0 Å². The van der Waals surface area contributed by atoms with Crippen molar-refractivity contribution < 1.29 is 20.1 Å². The summed E-state index contributed by atoms with van der Waals surface area (Å²) in [7, 11) is 0. The molecule has 0 amide bonds. The second-order valence-electron chi connectivity index (χ2n) is 5.79. The van der Waals surface area contributed by atoms with E-state index in [0.717, 1.165) is 18.7 Å². The first-order valence-corrected chi connectivity index (χ1v) is 7.75. The zero-order valence-electron chi connectivity index (χ0n) is 12.8. The van der Waals surface area contributed by atoms with Gasteiger partial charge in [-0.05, 0) is 43.6 Å². The summed E-state index contributed by atoms with van der Waals surface area (Å²) in [6.07, 6.45) is -0.0142. The van der Waals surface area contributed by atoms with Gasteiger partial charge >= 0.3 is 0 Å². The highest BCUT2D eigenvalue weighted by Crippen LogP contribution is 2.42. The van der Waals surface area contributed by atoms with Crippen molar-refractivity contribution in [2.24, 2.45) is 0 Å². The first-order chi connectivity index (χ1) is 11.1. The number of phenols is 2. The van der Waals surface area contributed by atoms with E-state index < -0.39 is 11.9 Å². The van der Waals surface area contributed by atoms with Crippen LogP contribution in [0.3, 0.4) is 0 Å². The van der Waals surface area contributed by atoms with Gasteiger partial charge in [-0.3, -0.25) is 0 Å². The molecule has 1 aliphatic heterocycles. The molecule has 0 spiro atoms. The molecule has 1 unspecified atom stereocenters. The Morgan fingerprint density at radius 2 is 1.52 bits per heavy atom. The Morgan fingerprint density at radius 1 is 0.913 bits per heavy atom. The van der Waals surface area contributed by atoms with Crippen LogP contribution in [0, 0.1) is 0 Å². The molecule has 1 atom stereocenters. The predicted molar refractivity (Wildman–Crippen MR) is 86.0 cm³/mol. The minimum atomic E-state index is -1.41. The molecule has 0 bridgehead atoms. The van der Waals surface area contributed by atoms with Crippen LogP contribution in [0.5, 0.6) is 11.5 Å². The summed E-state index contributed by atoms with van der Waals surface area (Å²) in [5.74, 6) is -0.371. The highest BCUT2D eigenvalue weighted by molar-refractivity contribution is 5.43. The number of aliphatic hydroxyl groups excluding tert-OH is 1. The number of aliphatic hydroxyl groups is 1. The molecule has 5 heteroatoms. The number of hydrogen-bond acceptors (Lipinski definition) is 5. The Labute approximate surface area is 135 Å². The van der Waals surface area contributed by atoms with Gasteiger partial charge < -0.3 is 25.4 Å². The van der Waals surface area contributed by atoms with Gasteiger partial charge in [0, 0.05) is 0 Å². The van der Waals surface area contributed by atoms with Crippen molar-refractivity contribution in [1.82, 2.24) is 5.32 Å². The molecule has 0 aliphatic carbocycles. The van der Waals surface area contributed by atoms with Gasteiger partial charge in [-0.15, -0.1) is 0 Å². The van der Waals surface area contributed by atoms with Gasteiger partial charge in [-0.1, -0.05) is 36.4 Å². The van der Waals surface area contributed by atoms with Crippen molar-refractivity contribution in [3.63, 3.8) is 0 Å². The van der Waals surface area contributed by atoms with Crippen molar-refractivity contribution in [1.29, 1.82) is 0 Å². The SMILES string of the molecule is Oc1cccc(O)c1C(O)OC1(c2ccccc2)CCNCC1. The molecular weight excluding hydrogens is 294 g/mol. The molecule has 1 aliphatic rings. The molecule has 0 aromatic heterocycles. The molecule has 1 saturated heterocycles. The summed E-state index contributed by atoms with van der Waals surface area (Å²) in [5.41, 5.74) is 0.331. The second kappa shape index (κ2) is 6.58. The number of nitrogens with one attached hydrogen (secondary N) is 1. The average Bonchev–Trinajstić information content (AvgIpc) is 2.56. The lowest BCUT2D eigenvalue weighted by molar-refractivity contribution is -0.205. The van der Waals surface area contributed by atoms with Gasteiger partial charge in [0.15, 0.2) is 6.29 Å². The van der Waals surface area contributed by atoms with E-state index in [1.165, 1.54) is 18.2 Å². The van der Waals surface area contributed by atoms with E-state index in [2.05, 4.69) is 5.32 Å². The molecule has 0 saturated carbocycles. The van der Waals surface area contributed by atoms with Gasteiger partial charge in [-0.25, -0.2) is 0 Å². The topological polar surface area (TPSA) is 82.0 Å². The molecule has 4 N–H and O–H groups in total. The lowest BCUT2D eigenvalue weighted by atomic mass is 9.84. The van der Waals surface area contributed by atoms with Crippen LogP contribution >= 0.6 is 0 Å². The Morgan fingerprint density at radius 3 is 2.13 bits per heavy atom. The Kier molecular flexibility index (Phi) is 4.52. The molecule has 5 nitrogen and oxygen atoms in total. The maximum atomic E-state index is 10.5. The molecule has 0 radical (unpaired) electrons. The molecule has 3 rings (SSSR count). The van der Waals surface area contributed by atoms with Crippen LogP contribution in [0.1, 0.15) is 30.3 Å². The lowest BCUT2D eigenvalue weighted by Gasteiger charge is -2.39. The Bertz CT molecular complexity index is 633. The van der Waals surface area contributed by atoms with E-state index in [4.69, 9.17) is 4.74 Å². The molecular formula is C18H21NO4. The molecule has 1 heterocycles. The van der Waals surface area contributed by atoms with E-state index in [1.807, 2.05) is 30.3 Å². The first-order valence-electron chi connectivity index (χ1n) is 7.75. The summed E-state index contributed by atoms with van der Waals surface area (Å²) >= 11 is 0. The van der Waals surface area contributed by atoms with Gasteiger partial charge in [0.2, 0.25) is 0 Å². The van der Waals surface area contributed by atoms with Crippen LogP contribution in [-0.2, 0) is 10.3 Å². The van der Waals surface area contributed by atoms with Crippen LogP contribution in [-0.4, -0.2) is 28.4 Å². The quantitative estimate of drug-likeness (QED) is 0.651. The highest BCUT2D eigenvalue weighted by Gasteiger charge is 2.38. The number of aromatic hydroxyl groups is 2. The van der Waals surface area contributed by atoms with Gasteiger partial charge in [-0.2, -0.15) is 0 Å². The van der Waals surface area contributed by atoms with Crippen molar-refractivity contribution in [2.75, 3.05) is 13.1 Å². The standard InChI is InChI=1S/C18H21NO4/c20-14-7-4-8-15(21)16(14)17(22)23-18(9-11-19-12-10-18)13-5-2-1-3-6-13/h1-8,17,19-22H,9-12H2. The van der Waals surface area contributed by atoms with E-state index in [0.29, 0.717) is 12.8 Å². The Balaban J connectivity index is 1.93. The third-order valence-corrected chi connectivity index (χ3v) is 4.36. The largest absolute Gasteiger partial charge is 0.507 e. The summed E-state index contributed by atoms with van der Waals surface area (Å²) in [6.45, 7) is 1.54. The fourth-order valence-corrected chi connectivity index (χ4v) is 3.11. The minimum Gasteiger partial charge on any atom is -0.507 e. The number of ether oxygens (including phenoxy) is 1. The predicted octanol–water partition coefficient (Wildman–Crippen LogP) is 2.38. The van der Waals surface area contributed by atoms with Gasteiger partial charge in [0.1, 0.15) is 11.5 Å². The third kappa shape index (κ3) is 3.17. The summed E-state index contributed by atoms with van der Waals surface area (Å²) in [6, 6.07) is 14.1. The van der Waals surface area contributed by atoms with Crippen LogP contribution in [0.25, 0.3) is 0 Å². The minimum absolute atomic E-state index is 0.00124. The van der Waals surface area contributed by atoms with Crippen molar-refractivity contribution in [3.8, 4) is 11.5 Å². The number of rotatable bonds is 4. The average molecular weight is 315 g/mol. The molecule has 2 aromatic rings. The van der Waals surface area contributed by atoms with Crippen LogP contribution in [0.4, 0.5) is 0 Å². The fraction of sp³-hybridized carbons (Fsp3) is 0.333. The number of hydrogen-bond donors (Lipinski definition) is 4. The van der Waals surface area contributed by atoms with Crippen LogP contribution in [0.15, 0.2) is 48.5 Å².